The number of likely N-dealkylation sites (N-methyl/N-ethyl adjacent to an activating group) is 1. The van der Waals surface area contributed by atoms with Gasteiger partial charge in [0.2, 0.25) is 0 Å². The van der Waals surface area contributed by atoms with E-state index in [0.717, 1.165) is 18.3 Å². The minimum Gasteiger partial charge on any atom is -0.351 e. The topological polar surface area (TPSA) is 84.3 Å². The molecule has 0 atom stereocenters. The number of nitro benzene ring substituents is 1. The van der Waals surface area contributed by atoms with E-state index in [1.807, 2.05) is 6.92 Å². The van der Waals surface area contributed by atoms with Gasteiger partial charge in [0.05, 0.1) is 9.82 Å². The van der Waals surface area contributed by atoms with E-state index in [1.165, 1.54) is 24.3 Å². The first-order chi connectivity index (χ1) is 12.0. The standard InChI is InChI=1S/C17H18FN3O3S/c1-2-19-9-10-20-17(22)12-3-8-16(15(11-12)21(23)24)25-14-6-4-13(18)5-7-14/h3-8,11,19H,2,9-10H2,1H3,(H,20,22). The molecule has 2 aromatic carbocycles. The molecule has 2 N–H and O–H groups in total. The smallest absolute Gasteiger partial charge is 0.284 e. The van der Waals surface area contributed by atoms with Crippen LogP contribution in [0, 0.1) is 15.9 Å². The molecule has 0 aliphatic rings. The van der Waals surface area contributed by atoms with Crippen LogP contribution in [0.3, 0.4) is 0 Å². The highest BCUT2D eigenvalue weighted by Crippen LogP contribution is 2.35. The SMILES string of the molecule is CCNCCNC(=O)c1ccc(Sc2ccc(F)cc2)c([N+](=O)[O-])c1. The summed E-state index contributed by atoms with van der Waals surface area (Å²) in [6.07, 6.45) is 0. The highest BCUT2D eigenvalue weighted by molar-refractivity contribution is 7.99. The Labute approximate surface area is 149 Å². The van der Waals surface area contributed by atoms with Gasteiger partial charge in [0, 0.05) is 29.6 Å². The summed E-state index contributed by atoms with van der Waals surface area (Å²) < 4.78 is 13.0. The van der Waals surface area contributed by atoms with Crippen molar-refractivity contribution in [2.45, 2.75) is 16.7 Å². The van der Waals surface area contributed by atoms with Gasteiger partial charge in [0.1, 0.15) is 5.82 Å². The molecule has 0 saturated heterocycles. The first-order valence-corrected chi connectivity index (χ1v) is 8.53. The summed E-state index contributed by atoms with van der Waals surface area (Å²) >= 11 is 1.15. The Morgan fingerprint density at radius 1 is 1.20 bits per heavy atom. The molecule has 132 valence electrons. The Balaban J connectivity index is 2.15. The van der Waals surface area contributed by atoms with Crippen LogP contribution in [0.15, 0.2) is 52.3 Å². The molecule has 2 aromatic rings. The molecule has 0 aliphatic heterocycles. The van der Waals surface area contributed by atoms with E-state index >= 15 is 0 Å². The number of nitrogens with one attached hydrogen (secondary N) is 2. The molecule has 0 bridgehead atoms. The van der Waals surface area contributed by atoms with Gasteiger partial charge >= 0.3 is 0 Å². The summed E-state index contributed by atoms with van der Waals surface area (Å²) in [4.78, 5) is 23.9. The van der Waals surface area contributed by atoms with Crippen molar-refractivity contribution in [3.05, 3.63) is 64.0 Å². The Morgan fingerprint density at radius 2 is 1.92 bits per heavy atom. The van der Waals surface area contributed by atoms with Crippen molar-refractivity contribution in [2.24, 2.45) is 0 Å². The summed E-state index contributed by atoms with van der Waals surface area (Å²) in [5, 5.41) is 17.1. The molecule has 0 spiro atoms. The van der Waals surface area contributed by atoms with E-state index in [-0.39, 0.29) is 23.0 Å². The number of carbonyl (C=O) groups is 1. The van der Waals surface area contributed by atoms with E-state index in [9.17, 15) is 19.3 Å². The van der Waals surface area contributed by atoms with Crippen molar-refractivity contribution in [2.75, 3.05) is 19.6 Å². The summed E-state index contributed by atoms with van der Waals surface area (Å²) in [7, 11) is 0. The lowest BCUT2D eigenvalue weighted by atomic mass is 10.2. The fourth-order valence-corrected chi connectivity index (χ4v) is 2.96. The number of hydrogen-bond donors (Lipinski definition) is 2. The summed E-state index contributed by atoms with van der Waals surface area (Å²) in [6.45, 7) is 3.83. The molecule has 0 heterocycles. The zero-order valence-electron chi connectivity index (χ0n) is 13.6. The second kappa shape index (κ2) is 9.14. The minimum absolute atomic E-state index is 0.159. The Morgan fingerprint density at radius 3 is 2.56 bits per heavy atom. The van der Waals surface area contributed by atoms with Crippen molar-refractivity contribution >= 4 is 23.4 Å². The number of carbonyl (C=O) groups excluding carboxylic acids is 1. The fraction of sp³-hybridized carbons (Fsp3) is 0.235. The maximum Gasteiger partial charge on any atom is 0.284 e. The summed E-state index contributed by atoms with van der Waals surface area (Å²) in [6, 6.07) is 10.0. The zero-order chi connectivity index (χ0) is 18.2. The molecule has 0 radical (unpaired) electrons. The van der Waals surface area contributed by atoms with E-state index in [0.29, 0.717) is 22.9 Å². The van der Waals surface area contributed by atoms with Crippen LogP contribution in [-0.2, 0) is 0 Å². The number of nitrogens with zero attached hydrogens (tertiary/aromatic N) is 1. The van der Waals surface area contributed by atoms with Crippen LogP contribution in [0.5, 0.6) is 0 Å². The van der Waals surface area contributed by atoms with Gasteiger partial charge in [-0.05, 0) is 42.9 Å². The van der Waals surface area contributed by atoms with E-state index < -0.39 is 4.92 Å². The maximum absolute atomic E-state index is 13.0. The molecule has 0 fully saturated rings. The van der Waals surface area contributed by atoms with Crippen LogP contribution in [0.2, 0.25) is 0 Å². The zero-order valence-corrected chi connectivity index (χ0v) is 14.4. The Hall–Kier alpha value is -2.45. The van der Waals surface area contributed by atoms with Crippen molar-refractivity contribution in [1.29, 1.82) is 0 Å². The largest absolute Gasteiger partial charge is 0.351 e. The van der Waals surface area contributed by atoms with Crippen molar-refractivity contribution in [3.8, 4) is 0 Å². The predicted octanol–water partition coefficient (Wildman–Crippen LogP) is 3.22. The second-order valence-corrected chi connectivity index (χ2v) is 6.22. The average Bonchev–Trinajstić information content (AvgIpc) is 2.60. The third-order valence-corrected chi connectivity index (χ3v) is 4.37. The highest BCUT2D eigenvalue weighted by atomic mass is 32.2. The van der Waals surface area contributed by atoms with Gasteiger partial charge in [0.25, 0.3) is 11.6 Å². The summed E-state index contributed by atoms with van der Waals surface area (Å²) in [5.41, 5.74) is 0.0697. The van der Waals surface area contributed by atoms with Crippen LogP contribution >= 0.6 is 11.8 Å². The average molecular weight is 363 g/mol. The van der Waals surface area contributed by atoms with E-state index in [2.05, 4.69) is 10.6 Å². The quantitative estimate of drug-likeness (QED) is 0.427. The second-order valence-electron chi connectivity index (χ2n) is 5.11. The molecule has 0 aliphatic carbocycles. The molecule has 0 saturated carbocycles. The minimum atomic E-state index is -0.527. The Kier molecular flexibility index (Phi) is 6.91. The fourth-order valence-electron chi connectivity index (χ4n) is 2.06. The lowest BCUT2D eigenvalue weighted by Crippen LogP contribution is -2.31. The third-order valence-electron chi connectivity index (χ3n) is 3.30. The van der Waals surface area contributed by atoms with Crippen molar-refractivity contribution < 1.29 is 14.1 Å². The molecule has 1 amide bonds. The van der Waals surface area contributed by atoms with Gasteiger partial charge in [-0.3, -0.25) is 14.9 Å². The molecule has 25 heavy (non-hydrogen) atoms. The maximum atomic E-state index is 13.0. The number of hydrogen-bond acceptors (Lipinski definition) is 5. The summed E-state index contributed by atoms with van der Waals surface area (Å²) in [5.74, 6) is -0.734. The molecule has 0 unspecified atom stereocenters. The van der Waals surface area contributed by atoms with Gasteiger partial charge < -0.3 is 10.6 Å². The van der Waals surface area contributed by atoms with Gasteiger partial charge in [-0.1, -0.05) is 18.7 Å². The van der Waals surface area contributed by atoms with Crippen molar-refractivity contribution in [1.82, 2.24) is 10.6 Å². The molecular formula is C17H18FN3O3S. The van der Waals surface area contributed by atoms with Crippen LogP contribution in [-0.4, -0.2) is 30.5 Å². The van der Waals surface area contributed by atoms with Gasteiger partial charge in [-0.25, -0.2) is 4.39 Å². The first kappa shape index (κ1) is 18.9. The van der Waals surface area contributed by atoms with Gasteiger partial charge in [0.15, 0.2) is 0 Å². The van der Waals surface area contributed by atoms with Crippen LogP contribution < -0.4 is 10.6 Å². The Bertz CT molecular complexity index is 753. The van der Waals surface area contributed by atoms with Gasteiger partial charge in [-0.15, -0.1) is 0 Å². The lowest BCUT2D eigenvalue weighted by molar-refractivity contribution is -0.387. The third kappa shape index (κ3) is 5.54. The number of rotatable bonds is 8. The molecule has 0 aromatic heterocycles. The van der Waals surface area contributed by atoms with Crippen molar-refractivity contribution in [3.63, 3.8) is 0 Å². The molecule has 2 rings (SSSR count). The van der Waals surface area contributed by atoms with Crippen LogP contribution in [0.4, 0.5) is 10.1 Å². The number of halogens is 1. The number of amides is 1. The highest BCUT2D eigenvalue weighted by Gasteiger charge is 2.18. The van der Waals surface area contributed by atoms with Crippen LogP contribution in [0.25, 0.3) is 0 Å². The molecule has 8 heteroatoms. The number of nitro groups is 1. The predicted molar refractivity (Wildman–Crippen MR) is 94.5 cm³/mol. The monoisotopic (exact) mass is 363 g/mol. The number of benzene rings is 2. The molecular weight excluding hydrogens is 345 g/mol. The molecule has 6 nitrogen and oxygen atoms in total. The van der Waals surface area contributed by atoms with Gasteiger partial charge in [-0.2, -0.15) is 0 Å². The van der Waals surface area contributed by atoms with E-state index in [1.54, 1.807) is 18.2 Å². The lowest BCUT2D eigenvalue weighted by Gasteiger charge is -2.08. The van der Waals surface area contributed by atoms with E-state index in [4.69, 9.17) is 0 Å². The first-order valence-electron chi connectivity index (χ1n) is 7.72. The van der Waals surface area contributed by atoms with Crippen LogP contribution in [0.1, 0.15) is 17.3 Å². The normalized spacial score (nSPS) is 10.5.